The molecule has 5 nitrogen and oxygen atoms in total. The highest BCUT2D eigenvalue weighted by atomic mass is 19.1. The van der Waals surface area contributed by atoms with Gasteiger partial charge in [-0.25, -0.2) is 9.78 Å². The fourth-order valence-electron chi connectivity index (χ4n) is 2.36. The summed E-state index contributed by atoms with van der Waals surface area (Å²) in [5.74, 6) is 0.682. The Balaban J connectivity index is 2.01. The summed E-state index contributed by atoms with van der Waals surface area (Å²) in [6.45, 7) is 2.29. The quantitative estimate of drug-likeness (QED) is 0.735. The van der Waals surface area contributed by atoms with Crippen molar-refractivity contribution in [2.24, 2.45) is 5.92 Å². The summed E-state index contributed by atoms with van der Waals surface area (Å²) in [5.41, 5.74) is -0.405. The minimum atomic E-state index is -0.833. The lowest BCUT2D eigenvalue weighted by Crippen LogP contribution is -2.47. The molecule has 0 spiro atoms. The first-order valence-corrected chi connectivity index (χ1v) is 5.57. The maximum atomic E-state index is 13.0. The van der Waals surface area contributed by atoms with Crippen LogP contribution in [0.25, 0.3) is 0 Å². The molecule has 1 saturated carbocycles. The highest BCUT2D eigenvalue weighted by Crippen LogP contribution is 2.47. The van der Waals surface area contributed by atoms with E-state index in [0.29, 0.717) is 12.5 Å². The zero-order valence-electron chi connectivity index (χ0n) is 9.39. The van der Waals surface area contributed by atoms with Crippen LogP contribution in [0, 0.1) is 12.0 Å². The van der Waals surface area contributed by atoms with E-state index in [1.807, 2.05) is 6.92 Å². The first kappa shape index (κ1) is 10.4. The zero-order chi connectivity index (χ0) is 12.0. The summed E-state index contributed by atoms with van der Waals surface area (Å²) in [6, 6.07) is 1.52. The number of carbonyl (C=O) groups is 1. The molecule has 0 unspecified atom stereocenters. The summed E-state index contributed by atoms with van der Waals surface area (Å²) in [7, 11) is 0. The van der Waals surface area contributed by atoms with Gasteiger partial charge in [0, 0.05) is 6.20 Å². The van der Waals surface area contributed by atoms with Crippen molar-refractivity contribution >= 4 is 11.9 Å². The number of halogens is 1. The molecule has 1 amide bonds. The first-order valence-electron chi connectivity index (χ1n) is 5.57. The van der Waals surface area contributed by atoms with E-state index in [0.717, 1.165) is 12.8 Å². The molecule has 2 heterocycles. The van der Waals surface area contributed by atoms with Gasteiger partial charge in [0.2, 0.25) is 0 Å². The fourth-order valence-corrected chi connectivity index (χ4v) is 2.36. The van der Waals surface area contributed by atoms with Gasteiger partial charge in [-0.3, -0.25) is 4.90 Å². The SMILES string of the molecule is C[C@@]1(C2CC2)COC(=O)N1c1ccnc(F)n1. The molecular weight excluding hydrogens is 225 g/mol. The number of cyclic esters (lactones) is 1. The van der Waals surface area contributed by atoms with E-state index < -0.39 is 17.7 Å². The van der Waals surface area contributed by atoms with Crippen molar-refractivity contribution in [1.82, 2.24) is 9.97 Å². The summed E-state index contributed by atoms with van der Waals surface area (Å²) in [6.07, 6.45) is 2.14. The summed E-state index contributed by atoms with van der Waals surface area (Å²) < 4.78 is 18.1. The van der Waals surface area contributed by atoms with Gasteiger partial charge in [-0.15, -0.1) is 0 Å². The lowest BCUT2D eigenvalue weighted by Gasteiger charge is -2.30. The Labute approximate surface area is 97.6 Å². The first-order chi connectivity index (χ1) is 8.11. The van der Waals surface area contributed by atoms with Gasteiger partial charge >= 0.3 is 12.2 Å². The van der Waals surface area contributed by atoms with Crippen molar-refractivity contribution in [2.45, 2.75) is 25.3 Å². The Kier molecular flexibility index (Phi) is 2.08. The molecule has 0 bridgehead atoms. The number of amides is 1. The standard InChI is InChI=1S/C11H12FN3O2/c1-11(7-2-3-7)6-17-10(16)15(11)8-4-5-13-9(12)14-8/h4-5,7H,2-3,6H2,1H3/t11-/m0/s1. The summed E-state index contributed by atoms with van der Waals surface area (Å²) >= 11 is 0. The smallest absolute Gasteiger partial charge is 0.416 e. The molecule has 0 aromatic carbocycles. The predicted molar refractivity (Wildman–Crippen MR) is 56.9 cm³/mol. The number of hydrogen-bond acceptors (Lipinski definition) is 4. The second kappa shape index (κ2) is 3.38. The van der Waals surface area contributed by atoms with E-state index in [4.69, 9.17) is 4.74 Å². The molecule has 1 aromatic rings. The average Bonchev–Trinajstić information content (AvgIpc) is 3.07. The summed E-state index contributed by atoms with van der Waals surface area (Å²) in [5, 5.41) is 0. The number of rotatable bonds is 2. The molecule has 2 fully saturated rings. The van der Waals surface area contributed by atoms with Crippen molar-refractivity contribution in [3.8, 4) is 0 Å². The maximum Gasteiger partial charge on any atom is 0.416 e. The van der Waals surface area contributed by atoms with E-state index >= 15 is 0 Å². The fraction of sp³-hybridized carbons (Fsp3) is 0.545. The molecule has 1 aromatic heterocycles. The second-order valence-electron chi connectivity index (χ2n) is 4.71. The van der Waals surface area contributed by atoms with Gasteiger partial charge in [0.05, 0.1) is 5.54 Å². The topological polar surface area (TPSA) is 55.3 Å². The van der Waals surface area contributed by atoms with Gasteiger partial charge in [-0.05, 0) is 31.7 Å². The van der Waals surface area contributed by atoms with Crippen LogP contribution < -0.4 is 4.90 Å². The number of nitrogens with zero attached hydrogens (tertiary/aromatic N) is 3. The molecule has 1 aliphatic carbocycles. The van der Waals surface area contributed by atoms with Crippen LogP contribution >= 0.6 is 0 Å². The van der Waals surface area contributed by atoms with E-state index in [1.54, 1.807) is 0 Å². The lowest BCUT2D eigenvalue weighted by atomic mass is 9.96. The third-order valence-electron chi connectivity index (χ3n) is 3.48. The van der Waals surface area contributed by atoms with Crippen LogP contribution in [-0.4, -0.2) is 28.2 Å². The number of aromatic nitrogens is 2. The Morgan fingerprint density at radius 1 is 1.59 bits per heavy atom. The van der Waals surface area contributed by atoms with Crippen molar-refractivity contribution in [2.75, 3.05) is 11.5 Å². The molecule has 1 saturated heterocycles. The van der Waals surface area contributed by atoms with Crippen LogP contribution in [-0.2, 0) is 4.74 Å². The third-order valence-corrected chi connectivity index (χ3v) is 3.48. The van der Waals surface area contributed by atoms with Gasteiger partial charge in [0.25, 0.3) is 0 Å². The van der Waals surface area contributed by atoms with Gasteiger partial charge in [0.1, 0.15) is 12.4 Å². The van der Waals surface area contributed by atoms with Crippen molar-refractivity contribution in [3.05, 3.63) is 18.3 Å². The van der Waals surface area contributed by atoms with Gasteiger partial charge in [0.15, 0.2) is 0 Å². The van der Waals surface area contributed by atoms with E-state index in [9.17, 15) is 9.18 Å². The molecule has 2 aliphatic rings. The number of ether oxygens (including phenoxy) is 1. The predicted octanol–water partition coefficient (Wildman–Crippen LogP) is 1.74. The molecule has 3 rings (SSSR count). The maximum absolute atomic E-state index is 13.0. The Bertz CT molecular complexity index is 478. The molecule has 1 atom stereocenters. The van der Waals surface area contributed by atoms with Crippen LogP contribution in [0.1, 0.15) is 19.8 Å². The Morgan fingerprint density at radius 2 is 2.35 bits per heavy atom. The lowest BCUT2D eigenvalue weighted by molar-refractivity contribution is 0.172. The van der Waals surface area contributed by atoms with Crippen LogP contribution in [0.15, 0.2) is 12.3 Å². The summed E-state index contributed by atoms with van der Waals surface area (Å²) in [4.78, 5) is 20.3. The molecule has 17 heavy (non-hydrogen) atoms. The Hall–Kier alpha value is -1.72. The molecule has 6 heteroatoms. The number of carbonyl (C=O) groups excluding carboxylic acids is 1. The highest BCUT2D eigenvalue weighted by Gasteiger charge is 2.54. The van der Waals surface area contributed by atoms with Crippen LogP contribution in [0.5, 0.6) is 0 Å². The molecule has 90 valence electrons. The number of anilines is 1. The molecule has 0 N–H and O–H groups in total. The second-order valence-corrected chi connectivity index (χ2v) is 4.71. The minimum absolute atomic E-state index is 0.273. The van der Waals surface area contributed by atoms with E-state index in [2.05, 4.69) is 9.97 Å². The Morgan fingerprint density at radius 3 is 3.00 bits per heavy atom. The molecule has 0 radical (unpaired) electrons. The van der Waals surface area contributed by atoms with Gasteiger partial charge in [-0.2, -0.15) is 9.37 Å². The zero-order valence-corrected chi connectivity index (χ0v) is 9.39. The van der Waals surface area contributed by atoms with Gasteiger partial charge < -0.3 is 4.74 Å². The third kappa shape index (κ3) is 1.55. The van der Waals surface area contributed by atoms with Crippen molar-refractivity contribution < 1.29 is 13.9 Å². The monoisotopic (exact) mass is 237 g/mol. The van der Waals surface area contributed by atoms with Crippen molar-refractivity contribution in [1.29, 1.82) is 0 Å². The van der Waals surface area contributed by atoms with E-state index in [1.165, 1.54) is 17.2 Å². The number of hydrogen-bond donors (Lipinski definition) is 0. The average molecular weight is 237 g/mol. The largest absolute Gasteiger partial charge is 0.447 e. The van der Waals surface area contributed by atoms with Crippen LogP contribution in [0.2, 0.25) is 0 Å². The normalized spacial score (nSPS) is 28.4. The molecule has 1 aliphatic heterocycles. The van der Waals surface area contributed by atoms with E-state index in [-0.39, 0.29) is 5.82 Å². The highest BCUT2D eigenvalue weighted by molar-refractivity contribution is 5.90. The van der Waals surface area contributed by atoms with Crippen LogP contribution in [0.4, 0.5) is 15.0 Å². The van der Waals surface area contributed by atoms with Gasteiger partial charge in [-0.1, -0.05) is 0 Å². The van der Waals surface area contributed by atoms with Crippen LogP contribution in [0.3, 0.4) is 0 Å². The molecular formula is C11H12FN3O2. The van der Waals surface area contributed by atoms with Crippen molar-refractivity contribution in [3.63, 3.8) is 0 Å². The minimum Gasteiger partial charge on any atom is -0.447 e.